The molecule has 1 aliphatic rings. The maximum absolute atomic E-state index is 12.4. The molecule has 0 unspecified atom stereocenters. The minimum absolute atomic E-state index is 0.238. The zero-order valence-corrected chi connectivity index (χ0v) is 17.8. The number of hydrogen-bond donors (Lipinski definition) is 2. The number of carbonyl (C=O) groups is 1. The number of aromatic nitrogens is 4. The van der Waals surface area contributed by atoms with Crippen LogP contribution in [0, 0.1) is 6.92 Å². The Balaban J connectivity index is 1.53. The van der Waals surface area contributed by atoms with Crippen molar-refractivity contribution in [2.24, 2.45) is 0 Å². The first-order valence-corrected chi connectivity index (χ1v) is 10.2. The van der Waals surface area contributed by atoms with Crippen LogP contribution in [0.3, 0.4) is 0 Å². The average Bonchev–Trinajstić information content (AvgIpc) is 2.80. The van der Waals surface area contributed by atoms with Crippen LogP contribution in [0.15, 0.2) is 42.7 Å². The first-order chi connectivity index (χ1) is 15.1. The van der Waals surface area contributed by atoms with E-state index in [1.165, 1.54) is 12.4 Å². The van der Waals surface area contributed by atoms with Crippen molar-refractivity contribution in [3.8, 4) is 0 Å². The zero-order valence-electron chi connectivity index (χ0n) is 17.0. The maximum atomic E-state index is 12.4. The van der Waals surface area contributed by atoms with Gasteiger partial charge < -0.3 is 20.3 Å². The van der Waals surface area contributed by atoms with Gasteiger partial charge in [0.25, 0.3) is 5.91 Å². The van der Waals surface area contributed by atoms with Gasteiger partial charge >= 0.3 is 0 Å². The van der Waals surface area contributed by atoms with Crippen molar-refractivity contribution in [1.29, 1.82) is 0 Å². The van der Waals surface area contributed by atoms with Crippen LogP contribution in [-0.4, -0.2) is 52.1 Å². The van der Waals surface area contributed by atoms with Gasteiger partial charge in [-0.15, -0.1) is 0 Å². The standard InChI is InChI=1S/C21H22ClN7O2/c1-14-23-11-15(12-24-14)20(30)25-13-18-10-19(26-17-4-2-16(22)3-5-17)28-21(27-18)29-6-8-31-9-7-29/h2-5,10-12H,6-9,13H2,1H3,(H,25,30)(H,26,27,28). The molecule has 0 radical (unpaired) electrons. The van der Waals surface area contributed by atoms with Gasteiger partial charge in [0.2, 0.25) is 5.95 Å². The summed E-state index contributed by atoms with van der Waals surface area (Å²) in [5, 5.41) is 6.80. The SMILES string of the molecule is Cc1ncc(C(=O)NCc2cc(Nc3ccc(Cl)cc3)nc(N3CCOCC3)n2)cn1. The number of nitrogens with one attached hydrogen (secondary N) is 2. The smallest absolute Gasteiger partial charge is 0.254 e. The normalized spacial score (nSPS) is 13.7. The van der Waals surface area contributed by atoms with Gasteiger partial charge in [-0.1, -0.05) is 11.6 Å². The van der Waals surface area contributed by atoms with E-state index in [0.717, 1.165) is 5.69 Å². The highest BCUT2D eigenvalue weighted by atomic mass is 35.5. The number of halogens is 1. The van der Waals surface area contributed by atoms with Crippen LogP contribution in [0.1, 0.15) is 21.9 Å². The molecule has 1 amide bonds. The van der Waals surface area contributed by atoms with E-state index in [-0.39, 0.29) is 12.5 Å². The molecule has 1 aliphatic heterocycles. The number of benzene rings is 1. The summed E-state index contributed by atoms with van der Waals surface area (Å²) in [5.74, 6) is 1.56. The number of rotatable bonds is 6. The molecule has 0 aliphatic carbocycles. The quantitative estimate of drug-likeness (QED) is 0.604. The van der Waals surface area contributed by atoms with Gasteiger partial charge in [0.1, 0.15) is 11.6 Å². The van der Waals surface area contributed by atoms with Gasteiger partial charge in [-0.05, 0) is 31.2 Å². The lowest BCUT2D eigenvalue weighted by molar-refractivity contribution is 0.0949. The minimum Gasteiger partial charge on any atom is -0.378 e. The van der Waals surface area contributed by atoms with Crippen LogP contribution in [0.5, 0.6) is 0 Å². The average molecular weight is 440 g/mol. The predicted octanol–water partition coefficient (Wildman–Crippen LogP) is 2.74. The lowest BCUT2D eigenvalue weighted by atomic mass is 10.3. The fourth-order valence-electron chi connectivity index (χ4n) is 3.01. The second kappa shape index (κ2) is 9.67. The molecule has 10 heteroatoms. The number of carbonyl (C=O) groups excluding carboxylic acids is 1. The van der Waals surface area contributed by atoms with E-state index >= 15 is 0 Å². The number of aryl methyl sites for hydroxylation is 1. The first kappa shape index (κ1) is 21.0. The third kappa shape index (κ3) is 5.65. The molecule has 4 rings (SSSR count). The Kier molecular flexibility index (Phi) is 6.54. The van der Waals surface area contributed by atoms with Crippen LogP contribution in [-0.2, 0) is 11.3 Å². The molecule has 0 spiro atoms. The topological polar surface area (TPSA) is 105 Å². The Morgan fingerprint density at radius 2 is 1.84 bits per heavy atom. The van der Waals surface area contributed by atoms with Crippen LogP contribution in [0.2, 0.25) is 5.02 Å². The highest BCUT2D eigenvalue weighted by molar-refractivity contribution is 6.30. The number of morpholine rings is 1. The second-order valence-corrected chi connectivity index (χ2v) is 7.41. The number of ether oxygens (including phenoxy) is 1. The van der Waals surface area contributed by atoms with Crippen molar-refractivity contribution in [2.75, 3.05) is 36.5 Å². The summed E-state index contributed by atoms with van der Waals surface area (Å²) in [5.41, 5.74) is 1.92. The molecular weight excluding hydrogens is 418 g/mol. The van der Waals surface area contributed by atoms with Gasteiger partial charge in [0.05, 0.1) is 31.0 Å². The molecule has 9 nitrogen and oxygen atoms in total. The van der Waals surface area contributed by atoms with Gasteiger partial charge in [-0.2, -0.15) is 4.98 Å². The van der Waals surface area contributed by atoms with Crippen LogP contribution < -0.4 is 15.5 Å². The van der Waals surface area contributed by atoms with Crippen molar-refractivity contribution < 1.29 is 9.53 Å². The summed E-state index contributed by atoms with van der Waals surface area (Å²) in [6.07, 6.45) is 3.01. The van der Waals surface area contributed by atoms with E-state index in [4.69, 9.17) is 16.3 Å². The molecule has 0 bridgehead atoms. The molecule has 2 N–H and O–H groups in total. The lowest BCUT2D eigenvalue weighted by Crippen LogP contribution is -2.37. The number of hydrogen-bond acceptors (Lipinski definition) is 8. The lowest BCUT2D eigenvalue weighted by Gasteiger charge is -2.27. The highest BCUT2D eigenvalue weighted by Crippen LogP contribution is 2.21. The van der Waals surface area contributed by atoms with Crippen molar-refractivity contribution in [2.45, 2.75) is 13.5 Å². The van der Waals surface area contributed by atoms with Crippen LogP contribution >= 0.6 is 11.6 Å². The maximum Gasteiger partial charge on any atom is 0.254 e. The highest BCUT2D eigenvalue weighted by Gasteiger charge is 2.16. The number of anilines is 3. The largest absolute Gasteiger partial charge is 0.378 e. The van der Waals surface area contributed by atoms with Crippen LogP contribution in [0.4, 0.5) is 17.5 Å². The van der Waals surface area contributed by atoms with Gasteiger partial charge in [-0.3, -0.25) is 4.79 Å². The molecule has 3 heterocycles. The fourth-order valence-corrected chi connectivity index (χ4v) is 3.13. The summed E-state index contributed by atoms with van der Waals surface area (Å²) in [6, 6.07) is 9.16. The summed E-state index contributed by atoms with van der Waals surface area (Å²) in [7, 11) is 0. The Hall–Kier alpha value is -3.30. The zero-order chi connectivity index (χ0) is 21.6. The van der Waals surface area contributed by atoms with E-state index in [1.54, 1.807) is 19.1 Å². The Morgan fingerprint density at radius 1 is 1.13 bits per heavy atom. The molecule has 0 saturated carbocycles. The van der Waals surface area contributed by atoms with E-state index in [1.807, 2.05) is 18.2 Å². The Bertz CT molecular complexity index is 1040. The van der Waals surface area contributed by atoms with Gasteiger partial charge in [0.15, 0.2) is 0 Å². The first-order valence-electron chi connectivity index (χ1n) is 9.87. The Labute approximate surface area is 184 Å². The molecule has 0 atom stereocenters. The van der Waals surface area contributed by atoms with E-state index < -0.39 is 0 Å². The van der Waals surface area contributed by atoms with Crippen molar-refractivity contribution >= 4 is 35.0 Å². The summed E-state index contributed by atoms with van der Waals surface area (Å²) < 4.78 is 5.43. The monoisotopic (exact) mass is 439 g/mol. The summed E-state index contributed by atoms with van der Waals surface area (Å²) in [4.78, 5) is 31.9. The molecule has 31 heavy (non-hydrogen) atoms. The molecular formula is C21H22ClN7O2. The third-order valence-corrected chi connectivity index (χ3v) is 4.90. The van der Waals surface area contributed by atoms with Crippen molar-refractivity contribution in [3.05, 3.63) is 64.8 Å². The number of amides is 1. The minimum atomic E-state index is -0.265. The van der Waals surface area contributed by atoms with Crippen molar-refractivity contribution in [3.63, 3.8) is 0 Å². The van der Waals surface area contributed by atoms with E-state index in [0.29, 0.717) is 60.2 Å². The molecule has 3 aromatic rings. The fraction of sp³-hybridized carbons (Fsp3) is 0.286. The number of nitrogens with zero attached hydrogens (tertiary/aromatic N) is 5. The van der Waals surface area contributed by atoms with Gasteiger partial charge in [0, 0.05) is 42.3 Å². The van der Waals surface area contributed by atoms with Crippen LogP contribution in [0.25, 0.3) is 0 Å². The molecule has 1 fully saturated rings. The van der Waals surface area contributed by atoms with E-state index in [2.05, 4.69) is 35.5 Å². The molecule has 1 saturated heterocycles. The van der Waals surface area contributed by atoms with Gasteiger partial charge in [-0.25, -0.2) is 15.0 Å². The van der Waals surface area contributed by atoms with E-state index in [9.17, 15) is 4.79 Å². The predicted molar refractivity (Wildman–Crippen MR) is 118 cm³/mol. The summed E-state index contributed by atoms with van der Waals surface area (Å²) in [6.45, 7) is 4.66. The Morgan fingerprint density at radius 3 is 2.55 bits per heavy atom. The molecule has 2 aromatic heterocycles. The molecule has 1 aromatic carbocycles. The second-order valence-electron chi connectivity index (χ2n) is 6.98. The molecule has 160 valence electrons. The summed E-state index contributed by atoms with van der Waals surface area (Å²) >= 11 is 5.98. The van der Waals surface area contributed by atoms with Crippen molar-refractivity contribution in [1.82, 2.24) is 25.3 Å². The third-order valence-electron chi connectivity index (χ3n) is 4.65.